The van der Waals surface area contributed by atoms with Crippen molar-refractivity contribution in [2.24, 2.45) is 0 Å². The Hall–Kier alpha value is -2.66. The molecular formula is C21H19ClFN3O. The van der Waals surface area contributed by atoms with Crippen molar-refractivity contribution in [1.82, 2.24) is 9.97 Å². The SMILES string of the molecule is Nc1cnc(-c2ccc(C3CCC3)c(OCc3ccc(Cl)cc3)c2F)cn1. The number of nitrogen functional groups attached to an aromatic ring is 1. The fourth-order valence-corrected chi connectivity index (χ4v) is 3.30. The average Bonchev–Trinajstić information content (AvgIpc) is 2.62. The molecular weight excluding hydrogens is 365 g/mol. The van der Waals surface area contributed by atoms with Crippen LogP contribution >= 0.6 is 11.6 Å². The summed E-state index contributed by atoms with van der Waals surface area (Å²) in [6.45, 7) is 0.269. The van der Waals surface area contributed by atoms with Crippen LogP contribution in [0.4, 0.5) is 10.2 Å². The average molecular weight is 384 g/mol. The zero-order chi connectivity index (χ0) is 18.8. The third-order valence-corrected chi connectivity index (χ3v) is 5.17. The van der Waals surface area contributed by atoms with E-state index < -0.39 is 5.82 Å². The van der Waals surface area contributed by atoms with Gasteiger partial charge in [0.05, 0.1) is 18.1 Å². The monoisotopic (exact) mass is 383 g/mol. The molecule has 0 unspecified atom stereocenters. The van der Waals surface area contributed by atoms with Crippen LogP contribution in [0.3, 0.4) is 0 Å². The number of halogens is 2. The van der Waals surface area contributed by atoms with Gasteiger partial charge in [-0.1, -0.05) is 36.2 Å². The van der Waals surface area contributed by atoms with Gasteiger partial charge in [0, 0.05) is 16.1 Å². The lowest BCUT2D eigenvalue weighted by atomic mass is 9.79. The van der Waals surface area contributed by atoms with Crippen molar-refractivity contribution in [2.45, 2.75) is 31.8 Å². The quantitative estimate of drug-likeness (QED) is 0.643. The Morgan fingerprint density at radius 2 is 1.85 bits per heavy atom. The Labute approximate surface area is 162 Å². The van der Waals surface area contributed by atoms with Crippen LogP contribution in [0.1, 0.15) is 36.3 Å². The first-order valence-electron chi connectivity index (χ1n) is 8.89. The van der Waals surface area contributed by atoms with Crippen LogP contribution in [0.2, 0.25) is 5.02 Å². The van der Waals surface area contributed by atoms with E-state index in [1.54, 1.807) is 18.2 Å². The fraction of sp³-hybridized carbons (Fsp3) is 0.238. The number of aromatic nitrogens is 2. The summed E-state index contributed by atoms with van der Waals surface area (Å²) >= 11 is 5.92. The molecule has 27 heavy (non-hydrogen) atoms. The summed E-state index contributed by atoms with van der Waals surface area (Å²) in [5.74, 6) is 0.522. The van der Waals surface area contributed by atoms with Gasteiger partial charge in [0.1, 0.15) is 12.4 Å². The van der Waals surface area contributed by atoms with Crippen LogP contribution in [0.15, 0.2) is 48.8 Å². The molecule has 0 atom stereocenters. The third-order valence-electron chi connectivity index (χ3n) is 4.92. The second-order valence-corrected chi connectivity index (χ2v) is 7.15. The topological polar surface area (TPSA) is 61.0 Å². The van der Waals surface area contributed by atoms with Gasteiger partial charge in [0.2, 0.25) is 0 Å². The standard InChI is InChI=1S/C21H19ClFN3O/c22-15-6-4-13(5-7-15)12-27-21-16(14-2-1-3-14)8-9-17(20(21)23)18-10-26-19(24)11-25-18/h4-11,14H,1-3,12H2,(H2,24,26). The van der Waals surface area contributed by atoms with Gasteiger partial charge < -0.3 is 10.5 Å². The molecule has 1 saturated carbocycles. The van der Waals surface area contributed by atoms with E-state index >= 15 is 4.39 Å². The lowest BCUT2D eigenvalue weighted by Gasteiger charge is -2.28. The molecule has 0 bridgehead atoms. The van der Waals surface area contributed by atoms with E-state index in [9.17, 15) is 0 Å². The van der Waals surface area contributed by atoms with Gasteiger partial charge in [-0.3, -0.25) is 4.98 Å². The van der Waals surface area contributed by atoms with E-state index in [0.717, 1.165) is 30.4 Å². The summed E-state index contributed by atoms with van der Waals surface area (Å²) in [4.78, 5) is 8.20. The zero-order valence-corrected chi connectivity index (χ0v) is 15.4. The molecule has 1 fully saturated rings. The van der Waals surface area contributed by atoms with Crippen molar-refractivity contribution in [2.75, 3.05) is 5.73 Å². The molecule has 3 aromatic rings. The highest BCUT2D eigenvalue weighted by Gasteiger charge is 2.27. The molecule has 0 amide bonds. The lowest BCUT2D eigenvalue weighted by Crippen LogP contribution is -2.12. The number of hydrogen-bond acceptors (Lipinski definition) is 4. The second-order valence-electron chi connectivity index (χ2n) is 6.71. The molecule has 138 valence electrons. The minimum absolute atomic E-state index is 0.269. The van der Waals surface area contributed by atoms with Gasteiger partial charge in [0.15, 0.2) is 11.6 Å². The van der Waals surface area contributed by atoms with Crippen LogP contribution in [0, 0.1) is 5.82 Å². The van der Waals surface area contributed by atoms with Gasteiger partial charge in [-0.2, -0.15) is 0 Å². The van der Waals surface area contributed by atoms with Gasteiger partial charge in [-0.05, 0) is 42.5 Å². The van der Waals surface area contributed by atoms with Crippen LogP contribution in [0.5, 0.6) is 5.75 Å². The summed E-state index contributed by atoms with van der Waals surface area (Å²) < 4.78 is 21.3. The minimum atomic E-state index is -0.410. The Morgan fingerprint density at radius 1 is 1.07 bits per heavy atom. The largest absolute Gasteiger partial charge is 0.486 e. The Morgan fingerprint density at radius 3 is 2.48 bits per heavy atom. The molecule has 0 spiro atoms. The van der Waals surface area contributed by atoms with Crippen molar-refractivity contribution < 1.29 is 9.13 Å². The van der Waals surface area contributed by atoms with E-state index in [1.165, 1.54) is 12.4 Å². The Bertz CT molecular complexity index is 941. The second kappa shape index (κ2) is 7.53. The summed E-state index contributed by atoms with van der Waals surface area (Å²) in [5.41, 5.74) is 8.21. The molecule has 2 aromatic carbocycles. The number of hydrogen-bond donors (Lipinski definition) is 1. The van der Waals surface area contributed by atoms with Crippen LogP contribution in [-0.4, -0.2) is 9.97 Å². The summed E-state index contributed by atoms with van der Waals surface area (Å²) in [6, 6.07) is 11.0. The van der Waals surface area contributed by atoms with Crippen LogP contribution in [0.25, 0.3) is 11.3 Å². The Kier molecular flexibility index (Phi) is 4.94. The van der Waals surface area contributed by atoms with E-state index in [0.29, 0.717) is 33.8 Å². The molecule has 2 N–H and O–H groups in total. The minimum Gasteiger partial charge on any atom is -0.486 e. The molecule has 4 rings (SSSR count). The predicted octanol–water partition coefficient (Wildman–Crippen LogP) is 5.36. The van der Waals surface area contributed by atoms with Crippen molar-refractivity contribution in [1.29, 1.82) is 0 Å². The highest BCUT2D eigenvalue weighted by Crippen LogP contribution is 2.44. The van der Waals surface area contributed by atoms with E-state index in [2.05, 4.69) is 9.97 Å². The van der Waals surface area contributed by atoms with Crippen molar-refractivity contribution in [3.63, 3.8) is 0 Å². The maximum absolute atomic E-state index is 15.4. The molecule has 0 aliphatic heterocycles. The number of nitrogens with zero attached hydrogens (tertiary/aromatic N) is 2. The first kappa shape index (κ1) is 17.7. The van der Waals surface area contributed by atoms with Crippen molar-refractivity contribution in [3.05, 3.63) is 70.8 Å². The molecule has 1 aliphatic rings. The summed E-state index contributed by atoms with van der Waals surface area (Å²) in [7, 11) is 0. The highest BCUT2D eigenvalue weighted by atomic mass is 35.5. The molecule has 1 aromatic heterocycles. The molecule has 1 aliphatic carbocycles. The van der Waals surface area contributed by atoms with E-state index in [1.807, 2.05) is 18.2 Å². The van der Waals surface area contributed by atoms with E-state index in [-0.39, 0.29) is 6.61 Å². The first-order chi connectivity index (χ1) is 13.1. The van der Waals surface area contributed by atoms with Crippen LogP contribution < -0.4 is 10.5 Å². The van der Waals surface area contributed by atoms with Crippen LogP contribution in [-0.2, 0) is 6.61 Å². The predicted molar refractivity (Wildman–Crippen MR) is 104 cm³/mol. The van der Waals surface area contributed by atoms with Gasteiger partial charge >= 0.3 is 0 Å². The molecule has 6 heteroatoms. The van der Waals surface area contributed by atoms with Crippen molar-refractivity contribution in [3.8, 4) is 17.0 Å². The van der Waals surface area contributed by atoms with E-state index in [4.69, 9.17) is 22.1 Å². The number of ether oxygens (including phenoxy) is 1. The Balaban J connectivity index is 1.68. The fourth-order valence-electron chi connectivity index (χ4n) is 3.17. The van der Waals surface area contributed by atoms with Gasteiger partial charge in [-0.25, -0.2) is 9.37 Å². The molecule has 1 heterocycles. The number of benzene rings is 2. The maximum atomic E-state index is 15.4. The lowest BCUT2D eigenvalue weighted by molar-refractivity contribution is 0.279. The van der Waals surface area contributed by atoms with Gasteiger partial charge in [0.25, 0.3) is 0 Å². The normalized spacial score (nSPS) is 14.0. The van der Waals surface area contributed by atoms with Gasteiger partial charge in [-0.15, -0.1) is 0 Å². The third kappa shape index (κ3) is 3.74. The number of rotatable bonds is 5. The van der Waals surface area contributed by atoms with Crippen molar-refractivity contribution >= 4 is 17.4 Å². The zero-order valence-electron chi connectivity index (χ0n) is 14.7. The summed E-state index contributed by atoms with van der Waals surface area (Å²) in [6.07, 6.45) is 6.16. The first-order valence-corrected chi connectivity index (χ1v) is 9.27. The highest BCUT2D eigenvalue weighted by molar-refractivity contribution is 6.30. The summed E-state index contributed by atoms with van der Waals surface area (Å²) in [5, 5.41) is 0.656. The molecule has 4 nitrogen and oxygen atoms in total. The molecule has 0 radical (unpaired) electrons. The number of nitrogens with two attached hydrogens (primary N) is 1. The number of anilines is 1. The maximum Gasteiger partial charge on any atom is 0.174 e. The molecule has 0 saturated heterocycles. The smallest absolute Gasteiger partial charge is 0.174 e.